The molecular formula is C19H20F2N6O2. The molecular weight excluding hydrogens is 382 g/mol. The Bertz CT molecular complexity index is 844. The van der Waals surface area contributed by atoms with E-state index in [1.165, 1.54) is 24.3 Å². The fraction of sp³-hybridized carbons (Fsp3) is 0.211. The fourth-order valence-corrected chi connectivity index (χ4v) is 2.29. The van der Waals surface area contributed by atoms with Gasteiger partial charge in [0, 0.05) is 17.9 Å². The Hall–Kier alpha value is -3.37. The zero-order chi connectivity index (χ0) is 20.5. The highest BCUT2D eigenvalue weighted by atomic mass is 19.1. The van der Waals surface area contributed by atoms with Crippen LogP contribution in [0.4, 0.5) is 38.0 Å². The second kappa shape index (κ2) is 10.2. The van der Waals surface area contributed by atoms with Crippen LogP contribution in [0, 0.1) is 11.6 Å². The first-order valence-electron chi connectivity index (χ1n) is 8.86. The molecule has 1 heterocycles. The number of aliphatic hydroxyl groups excluding tert-OH is 1. The third-order valence-electron chi connectivity index (χ3n) is 3.60. The Kier molecular flexibility index (Phi) is 7.20. The standard InChI is InChI=1S/C19H20F2N6O2/c20-13-1-5-15(6-2-13)23-18-25-17(22-9-11-29-12-10-28)26-19(27-18)24-16-7-3-14(21)4-8-16/h1-8,28H,9-12H2,(H3,22,23,24,25,26,27). The number of rotatable bonds is 10. The number of ether oxygens (including phenoxy) is 1. The molecule has 2 aromatic carbocycles. The molecule has 0 aliphatic carbocycles. The van der Waals surface area contributed by atoms with Crippen molar-refractivity contribution in [3.8, 4) is 0 Å². The van der Waals surface area contributed by atoms with Gasteiger partial charge in [-0.25, -0.2) is 8.78 Å². The molecule has 0 aliphatic rings. The first-order chi connectivity index (χ1) is 14.1. The van der Waals surface area contributed by atoms with E-state index in [4.69, 9.17) is 9.84 Å². The maximum absolute atomic E-state index is 13.1. The molecule has 0 spiro atoms. The second-order valence-electron chi connectivity index (χ2n) is 5.83. The van der Waals surface area contributed by atoms with Crippen LogP contribution in [0.15, 0.2) is 48.5 Å². The van der Waals surface area contributed by atoms with Crippen molar-refractivity contribution in [2.45, 2.75) is 0 Å². The highest BCUT2D eigenvalue weighted by Gasteiger charge is 2.08. The average molecular weight is 402 g/mol. The Morgan fingerprint density at radius 3 is 1.69 bits per heavy atom. The number of nitrogens with one attached hydrogen (secondary N) is 3. The molecule has 3 rings (SSSR count). The van der Waals surface area contributed by atoms with Gasteiger partial charge in [0.05, 0.1) is 19.8 Å². The Balaban J connectivity index is 1.76. The van der Waals surface area contributed by atoms with Gasteiger partial charge in [-0.3, -0.25) is 0 Å². The first-order valence-corrected chi connectivity index (χ1v) is 8.86. The molecule has 0 saturated carbocycles. The molecule has 0 radical (unpaired) electrons. The fourth-order valence-electron chi connectivity index (χ4n) is 2.29. The molecule has 8 nitrogen and oxygen atoms in total. The highest BCUT2D eigenvalue weighted by Crippen LogP contribution is 2.19. The number of hydrogen-bond donors (Lipinski definition) is 4. The van der Waals surface area contributed by atoms with E-state index in [-0.39, 0.29) is 42.7 Å². The molecule has 0 amide bonds. The van der Waals surface area contributed by atoms with E-state index in [1.54, 1.807) is 24.3 Å². The summed E-state index contributed by atoms with van der Waals surface area (Å²) in [4.78, 5) is 12.9. The lowest BCUT2D eigenvalue weighted by Gasteiger charge is -2.11. The maximum atomic E-state index is 13.1. The number of benzene rings is 2. The smallest absolute Gasteiger partial charge is 0.233 e. The summed E-state index contributed by atoms with van der Waals surface area (Å²) in [7, 11) is 0. The zero-order valence-corrected chi connectivity index (χ0v) is 15.4. The van der Waals surface area contributed by atoms with Gasteiger partial charge in [0.1, 0.15) is 11.6 Å². The normalized spacial score (nSPS) is 10.6. The minimum absolute atomic E-state index is 0.0523. The van der Waals surface area contributed by atoms with Crippen molar-refractivity contribution in [2.24, 2.45) is 0 Å². The van der Waals surface area contributed by atoms with Crippen molar-refractivity contribution in [1.29, 1.82) is 0 Å². The summed E-state index contributed by atoms with van der Waals surface area (Å²) in [6.07, 6.45) is 0. The van der Waals surface area contributed by atoms with Gasteiger partial charge in [0.15, 0.2) is 0 Å². The molecule has 1 aromatic heterocycles. The zero-order valence-electron chi connectivity index (χ0n) is 15.4. The maximum Gasteiger partial charge on any atom is 0.233 e. The van der Waals surface area contributed by atoms with E-state index in [0.717, 1.165) is 0 Å². The summed E-state index contributed by atoms with van der Waals surface area (Å²) in [6, 6.07) is 11.5. The summed E-state index contributed by atoms with van der Waals surface area (Å²) in [5, 5.41) is 17.7. The van der Waals surface area contributed by atoms with Gasteiger partial charge < -0.3 is 25.8 Å². The molecule has 3 aromatic rings. The van der Waals surface area contributed by atoms with Crippen molar-refractivity contribution < 1.29 is 18.6 Å². The molecule has 29 heavy (non-hydrogen) atoms. The third-order valence-corrected chi connectivity index (χ3v) is 3.60. The summed E-state index contributed by atoms with van der Waals surface area (Å²) in [5.41, 5.74) is 1.20. The average Bonchev–Trinajstić information content (AvgIpc) is 2.71. The Labute approximate surface area is 166 Å². The molecule has 4 N–H and O–H groups in total. The second-order valence-corrected chi connectivity index (χ2v) is 5.83. The minimum Gasteiger partial charge on any atom is -0.394 e. The summed E-state index contributed by atoms with van der Waals surface area (Å²) in [5.74, 6) is 0.0389. The van der Waals surface area contributed by atoms with Gasteiger partial charge in [-0.1, -0.05) is 0 Å². The van der Waals surface area contributed by atoms with Crippen molar-refractivity contribution in [1.82, 2.24) is 15.0 Å². The van der Waals surface area contributed by atoms with Gasteiger partial charge in [-0.15, -0.1) is 0 Å². The highest BCUT2D eigenvalue weighted by molar-refractivity contribution is 5.59. The number of hydrogen-bond acceptors (Lipinski definition) is 8. The summed E-state index contributed by atoms with van der Waals surface area (Å²) < 4.78 is 31.4. The molecule has 152 valence electrons. The van der Waals surface area contributed by atoms with Crippen LogP contribution in [-0.2, 0) is 4.74 Å². The van der Waals surface area contributed by atoms with Crippen LogP contribution in [0.3, 0.4) is 0 Å². The van der Waals surface area contributed by atoms with E-state index < -0.39 is 0 Å². The van der Waals surface area contributed by atoms with Crippen LogP contribution in [0.2, 0.25) is 0 Å². The van der Waals surface area contributed by atoms with E-state index in [1.807, 2.05) is 0 Å². The van der Waals surface area contributed by atoms with Gasteiger partial charge in [0.25, 0.3) is 0 Å². The molecule has 0 bridgehead atoms. The number of aromatic nitrogens is 3. The van der Waals surface area contributed by atoms with Gasteiger partial charge in [-0.05, 0) is 48.5 Å². The lowest BCUT2D eigenvalue weighted by atomic mass is 10.3. The Morgan fingerprint density at radius 1 is 0.724 bits per heavy atom. The van der Waals surface area contributed by atoms with Crippen LogP contribution < -0.4 is 16.0 Å². The molecule has 0 unspecified atom stereocenters. The van der Waals surface area contributed by atoms with Crippen LogP contribution in [0.5, 0.6) is 0 Å². The predicted octanol–water partition coefficient (Wildman–Crippen LogP) is 3.06. The monoisotopic (exact) mass is 402 g/mol. The van der Waals surface area contributed by atoms with E-state index in [9.17, 15) is 8.78 Å². The Morgan fingerprint density at radius 2 is 1.21 bits per heavy atom. The van der Waals surface area contributed by atoms with Crippen molar-refractivity contribution >= 4 is 29.2 Å². The number of nitrogens with zero attached hydrogens (tertiary/aromatic N) is 3. The van der Waals surface area contributed by atoms with E-state index in [0.29, 0.717) is 24.5 Å². The number of halogens is 2. The quantitative estimate of drug-likeness (QED) is 0.384. The first kappa shape index (κ1) is 20.4. The van der Waals surface area contributed by atoms with Crippen LogP contribution >= 0.6 is 0 Å². The lowest BCUT2D eigenvalue weighted by molar-refractivity contribution is 0.0991. The molecule has 0 fully saturated rings. The van der Waals surface area contributed by atoms with Crippen LogP contribution in [0.1, 0.15) is 0 Å². The molecule has 10 heteroatoms. The van der Waals surface area contributed by atoms with Gasteiger partial charge in [-0.2, -0.15) is 15.0 Å². The largest absolute Gasteiger partial charge is 0.394 e. The summed E-state index contributed by atoms with van der Waals surface area (Å²) >= 11 is 0. The lowest BCUT2D eigenvalue weighted by Crippen LogP contribution is -2.15. The molecule has 0 atom stereocenters. The van der Waals surface area contributed by atoms with Crippen molar-refractivity contribution in [2.75, 3.05) is 42.3 Å². The van der Waals surface area contributed by atoms with Crippen LogP contribution in [-0.4, -0.2) is 46.4 Å². The SMILES string of the molecule is OCCOCCNc1nc(Nc2ccc(F)cc2)nc(Nc2ccc(F)cc2)n1. The van der Waals surface area contributed by atoms with Crippen LogP contribution in [0.25, 0.3) is 0 Å². The van der Waals surface area contributed by atoms with Crippen molar-refractivity contribution in [3.63, 3.8) is 0 Å². The topological polar surface area (TPSA) is 104 Å². The molecule has 0 aliphatic heterocycles. The van der Waals surface area contributed by atoms with Gasteiger partial charge >= 0.3 is 0 Å². The third kappa shape index (κ3) is 6.63. The predicted molar refractivity (Wildman–Crippen MR) is 106 cm³/mol. The number of anilines is 5. The van der Waals surface area contributed by atoms with Gasteiger partial charge in [0.2, 0.25) is 17.8 Å². The number of aliphatic hydroxyl groups is 1. The van der Waals surface area contributed by atoms with Crippen molar-refractivity contribution in [3.05, 3.63) is 60.2 Å². The molecule has 0 saturated heterocycles. The minimum atomic E-state index is -0.352. The summed E-state index contributed by atoms with van der Waals surface area (Å²) in [6.45, 7) is 0.959. The van der Waals surface area contributed by atoms with E-state index >= 15 is 0 Å². The van der Waals surface area contributed by atoms with E-state index in [2.05, 4.69) is 30.9 Å².